The first-order valence-electron chi connectivity index (χ1n) is 8.11. The number of carbonyl (C=O) groups excluding carboxylic acids is 1. The van der Waals surface area contributed by atoms with E-state index in [1.165, 1.54) is 0 Å². The van der Waals surface area contributed by atoms with Gasteiger partial charge < -0.3 is 14.5 Å². The van der Waals surface area contributed by atoms with Crippen molar-refractivity contribution in [2.24, 2.45) is 0 Å². The Kier molecular flexibility index (Phi) is 5.66. The van der Waals surface area contributed by atoms with Gasteiger partial charge in [0, 0.05) is 37.4 Å². The number of benzene rings is 1. The van der Waals surface area contributed by atoms with Crippen LogP contribution in [0.1, 0.15) is 6.92 Å². The molecule has 1 atom stereocenters. The second kappa shape index (κ2) is 7.93. The van der Waals surface area contributed by atoms with Gasteiger partial charge in [-0.05, 0) is 37.3 Å². The van der Waals surface area contributed by atoms with Crippen molar-refractivity contribution in [1.82, 2.24) is 9.88 Å². The Hall–Kier alpha value is -1.98. The number of piperazine rings is 1. The number of ether oxygens (including phenoxy) is 1. The van der Waals surface area contributed by atoms with E-state index in [0.29, 0.717) is 28.9 Å². The lowest BCUT2D eigenvalue weighted by atomic mass is 10.2. The summed E-state index contributed by atoms with van der Waals surface area (Å²) in [6.07, 6.45) is 1.17. The van der Waals surface area contributed by atoms with Crippen molar-refractivity contribution < 1.29 is 9.53 Å². The van der Waals surface area contributed by atoms with Crippen LogP contribution in [0, 0.1) is 0 Å². The number of pyridine rings is 1. The van der Waals surface area contributed by atoms with E-state index in [0.717, 1.165) is 18.9 Å². The van der Waals surface area contributed by atoms with Crippen LogP contribution in [0.15, 0.2) is 42.6 Å². The first-order chi connectivity index (χ1) is 12.0. The molecule has 3 rings (SSSR count). The minimum absolute atomic E-state index is 0.0494. The van der Waals surface area contributed by atoms with Gasteiger partial charge in [0.2, 0.25) is 0 Å². The van der Waals surface area contributed by atoms with Crippen LogP contribution in [0.25, 0.3) is 0 Å². The highest BCUT2D eigenvalue weighted by molar-refractivity contribution is 6.35. The van der Waals surface area contributed by atoms with Crippen LogP contribution >= 0.6 is 23.2 Å². The fourth-order valence-electron chi connectivity index (χ4n) is 2.77. The van der Waals surface area contributed by atoms with Gasteiger partial charge in [-0.1, -0.05) is 29.3 Å². The summed E-state index contributed by atoms with van der Waals surface area (Å²) < 4.78 is 5.72. The molecule has 7 heteroatoms. The third kappa shape index (κ3) is 4.35. The predicted molar refractivity (Wildman–Crippen MR) is 99.6 cm³/mol. The maximum Gasteiger partial charge on any atom is 0.263 e. The zero-order valence-electron chi connectivity index (χ0n) is 13.9. The molecule has 1 aliphatic rings. The highest BCUT2D eigenvalue weighted by Crippen LogP contribution is 2.28. The molecule has 0 radical (unpaired) electrons. The van der Waals surface area contributed by atoms with Crippen molar-refractivity contribution in [3.8, 4) is 5.75 Å². The number of halogens is 2. The van der Waals surface area contributed by atoms with Gasteiger partial charge in [0.15, 0.2) is 6.10 Å². The molecule has 1 amide bonds. The van der Waals surface area contributed by atoms with E-state index in [-0.39, 0.29) is 5.91 Å². The van der Waals surface area contributed by atoms with Gasteiger partial charge >= 0.3 is 0 Å². The molecule has 2 aromatic rings. The fourth-order valence-corrected chi connectivity index (χ4v) is 3.22. The van der Waals surface area contributed by atoms with Crippen molar-refractivity contribution >= 4 is 34.9 Å². The Morgan fingerprint density at radius 3 is 2.56 bits per heavy atom. The van der Waals surface area contributed by atoms with Gasteiger partial charge in [-0.25, -0.2) is 4.98 Å². The molecular weight excluding hydrogens is 361 g/mol. The lowest BCUT2D eigenvalue weighted by molar-refractivity contribution is -0.138. The molecule has 1 aliphatic heterocycles. The lowest BCUT2D eigenvalue weighted by Crippen LogP contribution is -2.52. The topological polar surface area (TPSA) is 45.7 Å². The van der Waals surface area contributed by atoms with Gasteiger partial charge in [0.25, 0.3) is 5.91 Å². The molecule has 1 fully saturated rings. The summed E-state index contributed by atoms with van der Waals surface area (Å²) in [7, 11) is 0. The first kappa shape index (κ1) is 17.8. The number of anilines is 1. The van der Waals surface area contributed by atoms with Gasteiger partial charge in [0.1, 0.15) is 11.6 Å². The molecule has 1 aromatic carbocycles. The zero-order chi connectivity index (χ0) is 17.8. The van der Waals surface area contributed by atoms with Crippen LogP contribution in [0.4, 0.5) is 5.82 Å². The van der Waals surface area contributed by atoms with E-state index in [2.05, 4.69) is 9.88 Å². The molecule has 0 bridgehead atoms. The van der Waals surface area contributed by atoms with Crippen molar-refractivity contribution in [3.05, 3.63) is 52.6 Å². The Morgan fingerprint density at radius 2 is 1.92 bits per heavy atom. The summed E-state index contributed by atoms with van der Waals surface area (Å²) in [5.41, 5.74) is 0. The monoisotopic (exact) mass is 379 g/mol. The van der Waals surface area contributed by atoms with Gasteiger partial charge in [0.05, 0.1) is 5.02 Å². The van der Waals surface area contributed by atoms with Crippen LogP contribution in [0.3, 0.4) is 0 Å². The number of rotatable bonds is 4. The van der Waals surface area contributed by atoms with E-state index in [1.54, 1.807) is 31.3 Å². The number of hydrogen-bond donors (Lipinski definition) is 0. The highest BCUT2D eigenvalue weighted by Gasteiger charge is 2.26. The third-order valence-electron chi connectivity index (χ3n) is 4.11. The number of carbonyl (C=O) groups is 1. The smallest absolute Gasteiger partial charge is 0.263 e. The molecule has 0 aliphatic carbocycles. The normalized spacial score (nSPS) is 15.8. The maximum absolute atomic E-state index is 12.6. The van der Waals surface area contributed by atoms with E-state index in [9.17, 15) is 4.79 Å². The molecule has 0 unspecified atom stereocenters. The van der Waals surface area contributed by atoms with Crippen LogP contribution in [-0.2, 0) is 4.79 Å². The summed E-state index contributed by atoms with van der Waals surface area (Å²) in [5.74, 6) is 1.34. The molecule has 0 spiro atoms. The van der Waals surface area contributed by atoms with Gasteiger partial charge in [-0.3, -0.25) is 4.79 Å². The minimum Gasteiger partial charge on any atom is -0.479 e. The standard InChI is InChI=1S/C18H19Cl2N3O2/c1-13(25-16-6-5-14(19)12-15(16)20)18(24)23-10-8-22(9-11-23)17-4-2-3-7-21-17/h2-7,12-13H,8-11H2,1H3/t13-/m1/s1. The molecule has 5 nitrogen and oxygen atoms in total. The quantitative estimate of drug-likeness (QED) is 0.815. The van der Waals surface area contributed by atoms with E-state index >= 15 is 0 Å². The average molecular weight is 380 g/mol. The van der Waals surface area contributed by atoms with Crippen molar-refractivity contribution in [1.29, 1.82) is 0 Å². The Labute approximate surface area is 157 Å². The second-order valence-electron chi connectivity index (χ2n) is 5.84. The first-order valence-corrected chi connectivity index (χ1v) is 8.86. The summed E-state index contributed by atoms with van der Waals surface area (Å²) in [4.78, 5) is 21.0. The van der Waals surface area contributed by atoms with E-state index in [4.69, 9.17) is 27.9 Å². The Morgan fingerprint density at radius 1 is 1.16 bits per heavy atom. The summed E-state index contributed by atoms with van der Waals surface area (Å²) in [5, 5.41) is 0.925. The van der Waals surface area contributed by atoms with Crippen LogP contribution in [0.2, 0.25) is 10.0 Å². The molecular formula is C18H19Cl2N3O2. The number of amides is 1. The number of aromatic nitrogens is 1. The molecule has 25 heavy (non-hydrogen) atoms. The van der Waals surface area contributed by atoms with Crippen molar-refractivity contribution in [3.63, 3.8) is 0 Å². The van der Waals surface area contributed by atoms with Gasteiger partial charge in [-0.15, -0.1) is 0 Å². The highest BCUT2D eigenvalue weighted by atomic mass is 35.5. The Bertz CT molecular complexity index is 734. The summed E-state index contributed by atoms with van der Waals surface area (Å²) in [6.45, 7) is 4.50. The van der Waals surface area contributed by atoms with Crippen molar-refractivity contribution in [2.45, 2.75) is 13.0 Å². The summed E-state index contributed by atoms with van der Waals surface area (Å²) in [6, 6.07) is 10.8. The Balaban J connectivity index is 1.56. The molecule has 2 heterocycles. The van der Waals surface area contributed by atoms with E-state index in [1.807, 2.05) is 23.1 Å². The predicted octanol–water partition coefficient (Wildman–Crippen LogP) is 3.50. The van der Waals surface area contributed by atoms with Crippen LogP contribution < -0.4 is 9.64 Å². The molecule has 132 valence electrons. The van der Waals surface area contributed by atoms with Crippen molar-refractivity contribution in [2.75, 3.05) is 31.1 Å². The number of hydrogen-bond acceptors (Lipinski definition) is 4. The minimum atomic E-state index is -0.611. The number of nitrogens with zero attached hydrogens (tertiary/aromatic N) is 3. The summed E-state index contributed by atoms with van der Waals surface area (Å²) >= 11 is 12.0. The van der Waals surface area contributed by atoms with Crippen LogP contribution in [-0.4, -0.2) is 48.1 Å². The molecule has 0 saturated carbocycles. The third-order valence-corrected chi connectivity index (χ3v) is 4.64. The average Bonchev–Trinajstić information content (AvgIpc) is 2.64. The SMILES string of the molecule is C[C@@H](Oc1ccc(Cl)cc1Cl)C(=O)N1CCN(c2ccccn2)CC1. The molecule has 1 aromatic heterocycles. The zero-order valence-corrected chi connectivity index (χ0v) is 15.4. The maximum atomic E-state index is 12.6. The van der Waals surface area contributed by atoms with E-state index < -0.39 is 6.10 Å². The fraction of sp³-hybridized carbons (Fsp3) is 0.333. The largest absolute Gasteiger partial charge is 0.479 e. The second-order valence-corrected chi connectivity index (χ2v) is 6.68. The molecule has 1 saturated heterocycles. The lowest BCUT2D eigenvalue weighted by Gasteiger charge is -2.36. The molecule has 0 N–H and O–H groups in total. The van der Waals surface area contributed by atoms with Crippen LogP contribution in [0.5, 0.6) is 5.75 Å². The van der Waals surface area contributed by atoms with Gasteiger partial charge in [-0.2, -0.15) is 0 Å².